The molecule has 0 N–H and O–H groups in total. The first-order valence-electron chi connectivity index (χ1n) is 4.86. The van der Waals surface area contributed by atoms with Gasteiger partial charge in [-0.2, -0.15) is 0 Å². The molecule has 0 atom stereocenters. The SMILES string of the molecule is O=C([O-])CCN1C(=O)c2ccc(Br)cc2C1=O.[Li+]. The summed E-state index contributed by atoms with van der Waals surface area (Å²) < 4.78 is 0.694. The van der Waals surface area contributed by atoms with E-state index in [0.29, 0.717) is 15.6 Å². The molecular formula is C11H7BrLiNO4. The molecule has 0 fully saturated rings. The van der Waals surface area contributed by atoms with E-state index < -0.39 is 17.8 Å². The summed E-state index contributed by atoms with van der Waals surface area (Å²) in [4.78, 5) is 34.9. The Bertz CT molecular complexity index is 532. The third-order valence-corrected chi connectivity index (χ3v) is 2.97. The fraction of sp³-hybridized carbons (Fsp3) is 0.182. The zero-order valence-corrected chi connectivity index (χ0v) is 11.2. The molecule has 0 aliphatic carbocycles. The van der Waals surface area contributed by atoms with E-state index in [-0.39, 0.29) is 31.8 Å². The largest absolute Gasteiger partial charge is 1.00 e. The first-order chi connectivity index (χ1) is 8.00. The Morgan fingerprint density at radius 3 is 2.44 bits per heavy atom. The van der Waals surface area contributed by atoms with Crippen molar-refractivity contribution in [2.24, 2.45) is 0 Å². The molecular weight excluding hydrogens is 297 g/mol. The van der Waals surface area contributed by atoms with Gasteiger partial charge in [0.2, 0.25) is 0 Å². The normalized spacial score (nSPS) is 13.3. The summed E-state index contributed by atoms with van der Waals surface area (Å²) in [6, 6.07) is 4.75. The van der Waals surface area contributed by atoms with Crippen LogP contribution in [0.15, 0.2) is 22.7 Å². The fourth-order valence-corrected chi connectivity index (χ4v) is 2.03. The Labute approximate surface area is 123 Å². The van der Waals surface area contributed by atoms with E-state index in [2.05, 4.69) is 15.9 Å². The van der Waals surface area contributed by atoms with Gasteiger partial charge in [0.1, 0.15) is 0 Å². The van der Waals surface area contributed by atoms with E-state index in [1.807, 2.05) is 0 Å². The predicted octanol–water partition coefficient (Wildman–Crippen LogP) is -2.81. The molecule has 0 saturated carbocycles. The van der Waals surface area contributed by atoms with Crippen molar-refractivity contribution in [1.82, 2.24) is 4.90 Å². The van der Waals surface area contributed by atoms with Crippen LogP contribution >= 0.6 is 15.9 Å². The van der Waals surface area contributed by atoms with Crippen molar-refractivity contribution in [1.29, 1.82) is 0 Å². The van der Waals surface area contributed by atoms with Gasteiger partial charge in [-0.25, -0.2) is 0 Å². The number of imide groups is 1. The third kappa shape index (κ3) is 2.66. The number of fused-ring (bicyclic) bond motifs is 1. The molecule has 0 saturated heterocycles. The molecule has 88 valence electrons. The van der Waals surface area contributed by atoms with Crippen molar-refractivity contribution in [3.63, 3.8) is 0 Å². The van der Waals surface area contributed by atoms with E-state index in [0.717, 1.165) is 4.90 Å². The van der Waals surface area contributed by atoms with Crippen LogP contribution in [0.1, 0.15) is 27.1 Å². The summed E-state index contributed by atoms with van der Waals surface area (Å²) in [6.07, 6.45) is -0.355. The number of benzene rings is 1. The van der Waals surface area contributed by atoms with Crippen molar-refractivity contribution in [3.05, 3.63) is 33.8 Å². The van der Waals surface area contributed by atoms with E-state index in [4.69, 9.17) is 0 Å². The summed E-state index contributed by atoms with van der Waals surface area (Å²) >= 11 is 3.21. The zero-order chi connectivity index (χ0) is 12.6. The predicted molar refractivity (Wildman–Crippen MR) is 59.1 cm³/mol. The van der Waals surface area contributed by atoms with Gasteiger partial charge in [-0.15, -0.1) is 0 Å². The standard InChI is InChI=1S/C11H8BrNO4.Li/c12-6-1-2-7-8(5-6)11(17)13(10(7)16)4-3-9(14)15;/h1-2,5H,3-4H2,(H,14,15);/q;+1/p-1. The van der Waals surface area contributed by atoms with Gasteiger partial charge < -0.3 is 9.90 Å². The molecule has 1 heterocycles. The van der Waals surface area contributed by atoms with Crippen LogP contribution in [0.3, 0.4) is 0 Å². The maximum Gasteiger partial charge on any atom is 1.00 e. The quantitative estimate of drug-likeness (QED) is 0.446. The van der Waals surface area contributed by atoms with Gasteiger partial charge in [0, 0.05) is 23.4 Å². The molecule has 2 amide bonds. The number of hydrogen-bond donors (Lipinski definition) is 0. The second-order valence-corrected chi connectivity index (χ2v) is 4.49. The molecule has 18 heavy (non-hydrogen) atoms. The number of halogens is 1. The van der Waals surface area contributed by atoms with Gasteiger partial charge in [0.25, 0.3) is 11.8 Å². The molecule has 1 aliphatic heterocycles. The van der Waals surface area contributed by atoms with Crippen molar-refractivity contribution >= 4 is 33.7 Å². The number of amides is 2. The van der Waals surface area contributed by atoms with Crippen LogP contribution < -0.4 is 24.0 Å². The molecule has 2 rings (SSSR count). The Kier molecular flexibility index (Phi) is 4.74. The minimum absolute atomic E-state index is 0. The van der Waals surface area contributed by atoms with E-state index in [1.54, 1.807) is 18.2 Å². The number of rotatable bonds is 3. The summed E-state index contributed by atoms with van der Waals surface area (Å²) in [6.45, 7) is -0.160. The molecule has 0 spiro atoms. The van der Waals surface area contributed by atoms with Crippen molar-refractivity contribution < 1.29 is 38.4 Å². The monoisotopic (exact) mass is 303 g/mol. The number of carbonyl (C=O) groups excluding carboxylic acids is 3. The Morgan fingerprint density at radius 2 is 1.83 bits per heavy atom. The Hall–Kier alpha value is -1.09. The number of carbonyl (C=O) groups is 3. The van der Waals surface area contributed by atoms with Crippen molar-refractivity contribution in [2.45, 2.75) is 6.42 Å². The minimum atomic E-state index is -1.29. The van der Waals surface area contributed by atoms with Crippen LogP contribution in [-0.4, -0.2) is 29.2 Å². The van der Waals surface area contributed by atoms with Crippen LogP contribution in [0, 0.1) is 0 Å². The molecule has 1 aromatic carbocycles. The van der Waals surface area contributed by atoms with Gasteiger partial charge in [-0.05, 0) is 18.2 Å². The number of carboxylic acids is 1. The fourth-order valence-electron chi connectivity index (χ4n) is 1.67. The molecule has 0 unspecified atom stereocenters. The average molecular weight is 304 g/mol. The second-order valence-electron chi connectivity index (χ2n) is 3.57. The number of hydrogen-bond acceptors (Lipinski definition) is 4. The third-order valence-electron chi connectivity index (χ3n) is 2.47. The molecule has 0 aromatic heterocycles. The van der Waals surface area contributed by atoms with Crippen molar-refractivity contribution in [2.75, 3.05) is 6.54 Å². The molecule has 0 radical (unpaired) electrons. The van der Waals surface area contributed by atoms with E-state index in [9.17, 15) is 19.5 Å². The Balaban J connectivity index is 0.00000162. The first kappa shape index (κ1) is 15.0. The smallest absolute Gasteiger partial charge is 0.550 e. The van der Waals surface area contributed by atoms with Crippen LogP contribution in [0.4, 0.5) is 0 Å². The molecule has 0 bridgehead atoms. The van der Waals surface area contributed by atoms with Gasteiger partial charge in [0.05, 0.1) is 11.1 Å². The maximum absolute atomic E-state index is 11.8. The van der Waals surface area contributed by atoms with Crippen LogP contribution in [0.5, 0.6) is 0 Å². The summed E-state index contributed by atoms with van der Waals surface area (Å²) in [7, 11) is 0. The minimum Gasteiger partial charge on any atom is -0.550 e. The zero-order valence-electron chi connectivity index (χ0n) is 9.60. The van der Waals surface area contributed by atoms with Crippen LogP contribution in [0.25, 0.3) is 0 Å². The number of nitrogens with zero attached hydrogens (tertiary/aromatic N) is 1. The second kappa shape index (κ2) is 5.70. The molecule has 1 aromatic rings. The van der Waals surface area contributed by atoms with Gasteiger partial charge in [-0.3, -0.25) is 14.5 Å². The average Bonchev–Trinajstić information content (AvgIpc) is 2.49. The summed E-state index contributed by atoms with van der Waals surface area (Å²) in [5, 5.41) is 10.3. The van der Waals surface area contributed by atoms with Gasteiger partial charge in [0.15, 0.2) is 0 Å². The van der Waals surface area contributed by atoms with Gasteiger partial charge >= 0.3 is 18.9 Å². The van der Waals surface area contributed by atoms with Crippen molar-refractivity contribution in [3.8, 4) is 0 Å². The van der Waals surface area contributed by atoms with Gasteiger partial charge in [-0.1, -0.05) is 15.9 Å². The van der Waals surface area contributed by atoms with Crippen LogP contribution in [-0.2, 0) is 4.79 Å². The molecule has 1 aliphatic rings. The summed E-state index contributed by atoms with van der Waals surface area (Å²) in [5.74, 6) is -2.21. The summed E-state index contributed by atoms with van der Waals surface area (Å²) in [5.41, 5.74) is 0.597. The topological polar surface area (TPSA) is 77.5 Å². The Morgan fingerprint density at radius 1 is 1.22 bits per heavy atom. The molecule has 7 heteroatoms. The van der Waals surface area contributed by atoms with E-state index >= 15 is 0 Å². The number of carboxylic acid groups (broad SMARTS) is 1. The van der Waals surface area contributed by atoms with E-state index in [1.165, 1.54) is 0 Å². The number of aliphatic carboxylic acids is 1. The van der Waals surface area contributed by atoms with Crippen LogP contribution in [0.2, 0.25) is 0 Å². The molecule has 5 nitrogen and oxygen atoms in total. The maximum atomic E-state index is 11.8. The first-order valence-corrected chi connectivity index (χ1v) is 5.65.